The molecule has 1 unspecified atom stereocenters. The van der Waals surface area contributed by atoms with Crippen LogP contribution in [0.5, 0.6) is 0 Å². The molecule has 26 heavy (non-hydrogen) atoms. The third-order valence-electron chi connectivity index (χ3n) is 7.29. The highest BCUT2D eigenvalue weighted by atomic mass is 16.5. The minimum absolute atomic E-state index is 0.00803. The fourth-order valence-corrected chi connectivity index (χ4v) is 5.73. The van der Waals surface area contributed by atoms with Crippen molar-refractivity contribution >= 4 is 5.78 Å². The number of rotatable bonds is 7. The SMILES string of the molecule is CCCCC1C(=O)[C@]2(OC)CC[C@H](O)[C@@H](C=C[C@H](O)C3CCCCC3)[C@H]12. The summed E-state index contributed by atoms with van der Waals surface area (Å²) in [5.74, 6) is 0.515. The van der Waals surface area contributed by atoms with E-state index in [0.717, 1.165) is 32.1 Å². The van der Waals surface area contributed by atoms with Crippen LogP contribution < -0.4 is 0 Å². The van der Waals surface area contributed by atoms with Gasteiger partial charge in [-0.25, -0.2) is 0 Å². The maximum Gasteiger partial charge on any atom is 0.168 e. The van der Waals surface area contributed by atoms with Crippen LogP contribution >= 0.6 is 0 Å². The minimum atomic E-state index is -0.706. The van der Waals surface area contributed by atoms with Crippen LogP contribution in [0.25, 0.3) is 0 Å². The van der Waals surface area contributed by atoms with Crippen molar-refractivity contribution in [1.29, 1.82) is 0 Å². The van der Waals surface area contributed by atoms with Crippen LogP contribution in [0.3, 0.4) is 0 Å². The lowest BCUT2D eigenvalue weighted by Gasteiger charge is -2.58. The van der Waals surface area contributed by atoms with Crippen LogP contribution in [0.1, 0.15) is 71.1 Å². The van der Waals surface area contributed by atoms with Gasteiger partial charge in [0.05, 0.1) is 12.2 Å². The average molecular weight is 365 g/mol. The number of hydrogen-bond acceptors (Lipinski definition) is 4. The largest absolute Gasteiger partial charge is 0.393 e. The Morgan fingerprint density at radius 1 is 1.27 bits per heavy atom. The fourth-order valence-electron chi connectivity index (χ4n) is 5.73. The first-order chi connectivity index (χ1) is 12.5. The molecule has 0 aromatic carbocycles. The van der Waals surface area contributed by atoms with Crippen LogP contribution in [0.4, 0.5) is 0 Å². The molecular weight excluding hydrogens is 328 g/mol. The Labute approximate surface area is 158 Å². The first-order valence-electron chi connectivity index (χ1n) is 10.7. The first kappa shape index (κ1) is 20.0. The number of carbonyl (C=O) groups excluding carboxylic acids is 1. The highest BCUT2D eigenvalue weighted by molar-refractivity contribution is 5.97. The molecule has 2 N–H and O–H groups in total. The van der Waals surface area contributed by atoms with Gasteiger partial charge in [-0.1, -0.05) is 51.2 Å². The van der Waals surface area contributed by atoms with Crippen LogP contribution in [0, 0.1) is 23.7 Å². The predicted molar refractivity (Wildman–Crippen MR) is 102 cm³/mol. The maximum absolute atomic E-state index is 12.8. The van der Waals surface area contributed by atoms with E-state index < -0.39 is 17.8 Å². The zero-order chi connectivity index (χ0) is 18.7. The maximum atomic E-state index is 12.8. The summed E-state index contributed by atoms with van der Waals surface area (Å²) < 4.78 is 5.74. The summed E-state index contributed by atoms with van der Waals surface area (Å²) in [6.07, 6.45) is 13.0. The molecular formula is C22H36O4. The van der Waals surface area contributed by atoms with Crippen LogP contribution in [-0.4, -0.2) is 40.9 Å². The lowest BCUT2D eigenvalue weighted by atomic mass is 9.49. The van der Waals surface area contributed by atoms with Gasteiger partial charge < -0.3 is 14.9 Å². The lowest BCUT2D eigenvalue weighted by Crippen LogP contribution is -2.70. The third kappa shape index (κ3) is 3.53. The summed E-state index contributed by atoms with van der Waals surface area (Å²) in [4.78, 5) is 12.8. The molecule has 0 aromatic heterocycles. The van der Waals surface area contributed by atoms with Gasteiger partial charge in [-0.15, -0.1) is 0 Å². The lowest BCUT2D eigenvalue weighted by molar-refractivity contribution is -0.209. The molecule has 3 aliphatic carbocycles. The van der Waals surface area contributed by atoms with Gasteiger partial charge in [-0.3, -0.25) is 4.79 Å². The van der Waals surface area contributed by atoms with E-state index in [4.69, 9.17) is 4.74 Å². The average Bonchev–Trinajstić information content (AvgIpc) is 2.68. The highest BCUT2D eigenvalue weighted by Crippen LogP contribution is 2.56. The molecule has 0 heterocycles. The number of aliphatic hydroxyl groups excluding tert-OH is 2. The Bertz CT molecular complexity index is 510. The van der Waals surface area contributed by atoms with E-state index in [-0.39, 0.29) is 23.5 Å². The molecule has 148 valence electrons. The molecule has 0 radical (unpaired) electrons. The van der Waals surface area contributed by atoms with E-state index in [1.54, 1.807) is 7.11 Å². The summed E-state index contributed by atoms with van der Waals surface area (Å²) in [5.41, 5.74) is -0.706. The Balaban J connectivity index is 1.74. The molecule has 0 aromatic rings. The van der Waals surface area contributed by atoms with Gasteiger partial charge in [-0.2, -0.15) is 0 Å². The van der Waals surface area contributed by atoms with Crippen molar-refractivity contribution in [2.24, 2.45) is 23.7 Å². The van der Waals surface area contributed by atoms with Crippen molar-refractivity contribution in [3.8, 4) is 0 Å². The zero-order valence-electron chi connectivity index (χ0n) is 16.4. The number of unbranched alkanes of at least 4 members (excludes halogenated alkanes) is 1. The summed E-state index contributed by atoms with van der Waals surface area (Å²) in [6, 6.07) is 0. The summed E-state index contributed by atoms with van der Waals surface area (Å²) >= 11 is 0. The number of Topliss-reactive ketones (excluding diaryl/α,β-unsaturated/α-hetero) is 1. The van der Waals surface area contributed by atoms with Gasteiger partial charge in [0, 0.05) is 24.9 Å². The summed E-state index contributed by atoms with van der Waals surface area (Å²) in [6.45, 7) is 2.14. The molecule has 0 amide bonds. The first-order valence-corrected chi connectivity index (χ1v) is 10.7. The summed E-state index contributed by atoms with van der Waals surface area (Å²) in [5, 5.41) is 21.2. The van der Waals surface area contributed by atoms with Crippen molar-refractivity contribution in [2.45, 2.75) is 88.9 Å². The fraction of sp³-hybridized carbons (Fsp3) is 0.864. The van der Waals surface area contributed by atoms with Crippen LogP contribution in [0.15, 0.2) is 12.2 Å². The predicted octanol–water partition coefficient (Wildman–Crippen LogP) is 3.65. The normalized spacial score (nSPS) is 39.6. The van der Waals surface area contributed by atoms with Gasteiger partial charge in [0.15, 0.2) is 5.78 Å². The topological polar surface area (TPSA) is 66.8 Å². The zero-order valence-corrected chi connectivity index (χ0v) is 16.4. The van der Waals surface area contributed by atoms with E-state index in [9.17, 15) is 15.0 Å². The number of hydrogen-bond donors (Lipinski definition) is 2. The number of carbonyl (C=O) groups is 1. The van der Waals surface area contributed by atoms with Crippen LogP contribution in [0.2, 0.25) is 0 Å². The molecule has 3 fully saturated rings. The molecule has 4 nitrogen and oxygen atoms in total. The highest BCUT2D eigenvalue weighted by Gasteiger charge is 2.66. The quantitative estimate of drug-likeness (QED) is 0.677. The molecule has 0 aliphatic heterocycles. The number of aliphatic hydroxyl groups is 2. The molecule has 0 saturated heterocycles. The van der Waals surface area contributed by atoms with E-state index in [2.05, 4.69) is 6.92 Å². The number of methoxy groups -OCH3 is 1. The summed E-state index contributed by atoms with van der Waals surface area (Å²) in [7, 11) is 1.64. The van der Waals surface area contributed by atoms with Crippen molar-refractivity contribution in [3.63, 3.8) is 0 Å². The van der Waals surface area contributed by atoms with Gasteiger partial charge in [0.25, 0.3) is 0 Å². The van der Waals surface area contributed by atoms with Crippen molar-refractivity contribution in [3.05, 3.63) is 12.2 Å². The van der Waals surface area contributed by atoms with Crippen molar-refractivity contribution in [1.82, 2.24) is 0 Å². The van der Waals surface area contributed by atoms with E-state index >= 15 is 0 Å². The number of fused-ring (bicyclic) bond motifs is 1. The van der Waals surface area contributed by atoms with Gasteiger partial charge >= 0.3 is 0 Å². The standard InChI is InChI=1S/C22H36O4/c1-3-4-10-17-20-16(11-12-18(23)15-8-6-5-7-9-15)19(24)13-14-22(20,26-2)21(17)25/h11-12,15-20,23-24H,3-10,13-14H2,1-2H3/t16-,17?,18+,19+,20-,22+/m1/s1. The second-order valence-electron chi connectivity index (χ2n) is 8.69. The number of ether oxygens (including phenoxy) is 1. The molecule has 3 saturated carbocycles. The molecule has 6 atom stereocenters. The second kappa shape index (κ2) is 8.53. The molecule has 0 spiro atoms. The Kier molecular flexibility index (Phi) is 6.58. The Hall–Kier alpha value is -0.710. The van der Waals surface area contributed by atoms with E-state index in [1.807, 2.05) is 12.2 Å². The van der Waals surface area contributed by atoms with Crippen molar-refractivity contribution < 1.29 is 19.7 Å². The molecule has 3 rings (SSSR count). The molecule has 0 bridgehead atoms. The number of ketones is 1. The Morgan fingerprint density at radius 3 is 2.65 bits per heavy atom. The van der Waals surface area contributed by atoms with E-state index in [1.165, 1.54) is 19.3 Å². The van der Waals surface area contributed by atoms with Gasteiger partial charge in [0.1, 0.15) is 5.60 Å². The van der Waals surface area contributed by atoms with Crippen molar-refractivity contribution in [2.75, 3.05) is 7.11 Å². The smallest absolute Gasteiger partial charge is 0.168 e. The second-order valence-corrected chi connectivity index (χ2v) is 8.69. The Morgan fingerprint density at radius 2 is 2.00 bits per heavy atom. The molecule has 4 heteroatoms. The van der Waals surface area contributed by atoms with E-state index in [0.29, 0.717) is 18.8 Å². The monoisotopic (exact) mass is 364 g/mol. The van der Waals surface area contributed by atoms with Gasteiger partial charge in [0.2, 0.25) is 0 Å². The minimum Gasteiger partial charge on any atom is -0.393 e. The van der Waals surface area contributed by atoms with Gasteiger partial charge in [-0.05, 0) is 38.0 Å². The third-order valence-corrected chi connectivity index (χ3v) is 7.29. The molecule has 3 aliphatic rings. The van der Waals surface area contributed by atoms with Crippen LogP contribution in [-0.2, 0) is 9.53 Å².